The Morgan fingerprint density at radius 3 is 1.76 bits per heavy atom. The Labute approximate surface area is 196 Å². The van der Waals surface area contributed by atoms with Gasteiger partial charge in [-0.15, -0.1) is 0 Å². The molecule has 0 unspecified atom stereocenters. The summed E-state index contributed by atoms with van der Waals surface area (Å²) < 4.78 is 53.1. The zero-order valence-corrected chi connectivity index (χ0v) is 20.4. The molecule has 0 aromatic heterocycles. The van der Waals surface area contributed by atoms with Crippen LogP contribution in [0.1, 0.15) is 20.8 Å². The van der Waals surface area contributed by atoms with Gasteiger partial charge in [-0.1, -0.05) is 0 Å². The molecule has 190 valence electrons. The molecule has 1 rings (SSSR count). The van der Waals surface area contributed by atoms with Crippen molar-refractivity contribution in [3.63, 3.8) is 0 Å². The van der Waals surface area contributed by atoms with Crippen LogP contribution in [-0.4, -0.2) is 86.1 Å². The van der Waals surface area contributed by atoms with Crippen LogP contribution in [0.4, 0.5) is 10.5 Å². The second-order valence-electron chi connectivity index (χ2n) is 7.84. The van der Waals surface area contributed by atoms with E-state index in [1.54, 1.807) is 20.8 Å². The number of carbonyl (C=O) groups excluding carboxylic acids is 1. The van der Waals surface area contributed by atoms with Gasteiger partial charge in [0.25, 0.3) is 0 Å². The van der Waals surface area contributed by atoms with Gasteiger partial charge in [0, 0.05) is 18.8 Å². The van der Waals surface area contributed by atoms with Crippen LogP contribution in [0, 0.1) is 0 Å². The van der Waals surface area contributed by atoms with Gasteiger partial charge >= 0.3 is 6.09 Å². The van der Waals surface area contributed by atoms with Crippen molar-refractivity contribution in [2.24, 2.45) is 0 Å². The number of amides is 1. The summed E-state index contributed by atoms with van der Waals surface area (Å²) in [5.41, 5.74) is 5.53. The summed E-state index contributed by atoms with van der Waals surface area (Å²) in [6.07, 6.45) is -0.470. The predicted octanol–water partition coefficient (Wildman–Crippen LogP) is 1.14. The van der Waals surface area contributed by atoms with Crippen LogP contribution < -0.4 is 15.8 Å². The van der Waals surface area contributed by atoms with E-state index in [1.165, 1.54) is 24.3 Å². The fraction of sp³-hybridized carbons (Fsp3) is 0.667. The maximum absolute atomic E-state index is 12.1. The predicted molar refractivity (Wildman–Crippen MR) is 124 cm³/mol. The maximum Gasteiger partial charge on any atom is 0.407 e. The molecule has 0 fully saturated rings. The Bertz CT molecular complexity index is 767. The third-order valence-electron chi connectivity index (χ3n) is 3.76. The van der Waals surface area contributed by atoms with Crippen molar-refractivity contribution in [1.29, 1.82) is 0 Å². The van der Waals surface area contributed by atoms with Gasteiger partial charge in [-0.2, -0.15) is 0 Å². The number of alkyl carbamates (subject to hydrolysis) is 1. The standard InChI is InChI=1S/C21H37N3O8S/c1-21(2,3)32-20(25)23-8-10-28-12-14-30-16-17-31-15-13-29-11-9-24-33(26,27)19-6-4-18(22)5-7-19/h4-7,24H,8-17,22H2,1-3H3,(H,23,25). The monoisotopic (exact) mass is 491 g/mol. The van der Waals surface area contributed by atoms with Crippen LogP contribution in [0.15, 0.2) is 29.2 Å². The molecule has 0 spiro atoms. The van der Waals surface area contributed by atoms with E-state index in [0.717, 1.165) is 0 Å². The third kappa shape index (κ3) is 15.5. The van der Waals surface area contributed by atoms with Gasteiger partial charge < -0.3 is 34.7 Å². The molecule has 1 aromatic carbocycles. The average molecular weight is 492 g/mol. The molecule has 0 saturated carbocycles. The maximum atomic E-state index is 12.1. The van der Waals surface area contributed by atoms with Crippen LogP contribution in [0.25, 0.3) is 0 Å². The minimum absolute atomic E-state index is 0.155. The fourth-order valence-electron chi connectivity index (χ4n) is 2.28. The molecule has 0 aliphatic carbocycles. The van der Waals surface area contributed by atoms with Crippen LogP contribution in [0.5, 0.6) is 0 Å². The van der Waals surface area contributed by atoms with Crippen molar-refractivity contribution in [1.82, 2.24) is 10.0 Å². The normalized spacial score (nSPS) is 12.0. The van der Waals surface area contributed by atoms with Crippen molar-refractivity contribution in [2.75, 3.05) is 71.7 Å². The first-order valence-corrected chi connectivity index (χ1v) is 12.2. The number of nitrogens with one attached hydrogen (secondary N) is 2. The average Bonchev–Trinajstić information content (AvgIpc) is 2.72. The molecule has 0 heterocycles. The van der Waals surface area contributed by atoms with E-state index in [9.17, 15) is 13.2 Å². The summed E-state index contributed by atoms with van der Waals surface area (Å²) in [7, 11) is -3.57. The third-order valence-corrected chi connectivity index (χ3v) is 5.24. The molecule has 0 saturated heterocycles. The number of nitrogens with two attached hydrogens (primary N) is 1. The smallest absolute Gasteiger partial charge is 0.407 e. The van der Waals surface area contributed by atoms with Gasteiger partial charge in [0.05, 0.1) is 57.8 Å². The van der Waals surface area contributed by atoms with Crippen LogP contribution in [0.2, 0.25) is 0 Å². The van der Waals surface area contributed by atoms with E-state index < -0.39 is 21.7 Å². The Balaban J connectivity index is 1.86. The molecule has 4 N–H and O–H groups in total. The molecule has 33 heavy (non-hydrogen) atoms. The van der Waals surface area contributed by atoms with Crippen molar-refractivity contribution in [3.05, 3.63) is 24.3 Å². The summed E-state index contributed by atoms with van der Waals surface area (Å²) in [4.78, 5) is 11.6. The summed E-state index contributed by atoms with van der Waals surface area (Å²) in [6, 6.07) is 5.96. The quantitative estimate of drug-likeness (QED) is 0.215. The Hall–Kier alpha value is -1.96. The second-order valence-corrected chi connectivity index (χ2v) is 9.61. The highest BCUT2D eigenvalue weighted by molar-refractivity contribution is 7.89. The highest BCUT2D eigenvalue weighted by Crippen LogP contribution is 2.11. The first-order valence-electron chi connectivity index (χ1n) is 10.7. The van der Waals surface area contributed by atoms with Crippen molar-refractivity contribution >= 4 is 21.8 Å². The van der Waals surface area contributed by atoms with E-state index in [-0.39, 0.29) is 18.0 Å². The van der Waals surface area contributed by atoms with Crippen molar-refractivity contribution in [3.8, 4) is 0 Å². The first-order chi connectivity index (χ1) is 15.6. The van der Waals surface area contributed by atoms with E-state index in [4.69, 9.17) is 29.4 Å². The van der Waals surface area contributed by atoms with E-state index in [2.05, 4.69) is 10.0 Å². The largest absolute Gasteiger partial charge is 0.444 e. The number of benzene rings is 1. The molecule has 1 amide bonds. The van der Waals surface area contributed by atoms with Gasteiger partial charge in [0.2, 0.25) is 10.0 Å². The summed E-state index contributed by atoms with van der Waals surface area (Å²) in [6.45, 7) is 8.89. The van der Waals surface area contributed by atoms with E-state index >= 15 is 0 Å². The molecule has 0 aliphatic heterocycles. The van der Waals surface area contributed by atoms with Gasteiger partial charge in [-0.05, 0) is 45.0 Å². The van der Waals surface area contributed by atoms with E-state index in [0.29, 0.717) is 58.5 Å². The van der Waals surface area contributed by atoms with Gasteiger partial charge in [-0.3, -0.25) is 0 Å². The molecule has 12 heteroatoms. The number of rotatable bonds is 17. The molecule has 0 aliphatic rings. The zero-order valence-electron chi connectivity index (χ0n) is 19.6. The lowest BCUT2D eigenvalue weighted by Crippen LogP contribution is -2.34. The summed E-state index contributed by atoms with van der Waals surface area (Å²) in [5, 5.41) is 2.60. The van der Waals surface area contributed by atoms with Crippen LogP contribution >= 0.6 is 0 Å². The molecular weight excluding hydrogens is 454 g/mol. The van der Waals surface area contributed by atoms with E-state index in [1.807, 2.05) is 0 Å². The molecule has 0 atom stereocenters. The number of carbonyl (C=O) groups is 1. The lowest BCUT2D eigenvalue weighted by molar-refractivity contribution is -0.00119. The Morgan fingerprint density at radius 1 is 0.818 bits per heavy atom. The topological polar surface area (TPSA) is 147 Å². The minimum atomic E-state index is -3.57. The Kier molecular flexibility index (Phi) is 13.9. The van der Waals surface area contributed by atoms with Crippen LogP contribution in [0.3, 0.4) is 0 Å². The zero-order chi connectivity index (χ0) is 24.6. The SMILES string of the molecule is CC(C)(C)OC(=O)NCCOCCOCCOCCOCCNS(=O)(=O)c1ccc(N)cc1. The highest BCUT2D eigenvalue weighted by Gasteiger charge is 2.15. The first kappa shape index (κ1) is 29.1. The number of sulfonamides is 1. The molecular formula is C21H37N3O8S. The number of ether oxygens (including phenoxy) is 5. The lowest BCUT2D eigenvalue weighted by Gasteiger charge is -2.19. The summed E-state index contributed by atoms with van der Waals surface area (Å²) in [5.74, 6) is 0. The molecule has 0 radical (unpaired) electrons. The highest BCUT2D eigenvalue weighted by atomic mass is 32.2. The van der Waals surface area contributed by atoms with Gasteiger partial charge in [0.15, 0.2) is 0 Å². The molecule has 11 nitrogen and oxygen atoms in total. The van der Waals surface area contributed by atoms with Crippen molar-refractivity contribution < 1.29 is 36.9 Å². The van der Waals surface area contributed by atoms with Gasteiger partial charge in [-0.25, -0.2) is 17.9 Å². The summed E-state index contributed by atoms with van der Waals surface area (Å²) >= 11 is 0. The Morgan fingerprint density at radius 2 is 1.27 bits per heavy atom. The minimum Gasteiger partial charge on any atom is -0.444 e. The number of anilines is 1. The number of hydrogen-bond acceptors (Lipinski definition) is 9. The molecule has 0 bridgehead atoms. The van der Waals surface area contributed by atoms with Crippen LogP contribution in [-0.2, 0) is 33.7 Å². The fourth-order valence-corrected chi connectivity index (χ4v) is 3.29. The lowest BCUT2D eigenvalue weighted by atomic mass is 10.2. The molecule has 1 aromatic rings. The number of hydrogen-bond donors (Lipinski definition) is 3. The van der Waals surface area contributed by atoms with Gasteiger partial charge in [0.1, 0.15) is 5.60 Å². The second kappa shape index (κ2) is 15.8. The van der Waals surface area contributed by atoms with Crippen molar-refractivity contribution in [2.45, 2.75) is 31.3 Å². The number of nitrogen functional groups attached to an aromatic ring is 1.